The highest BCUT2D eigenvalue weighted by Gasteiger charge is 2.12. The molecule has 0 aliphatic carbocycles. The number of rotatable bonds is 8. The second kappa shape index (κ2) is 9.53. The van der Waals surface area contributed by atoms with E-state index in [9.17, 15) is 4.79 Å². The lowest BCUT2D eigenvalue weighted by atomic mass is 10.1. The summed E-state index contributed by atoms with van der Waals surface area (Å²) in [5.74, 6) is 0.365. The minimum atomic E-state index is -0.237. The van der Waals surface area contributed by atoms with Gasteiger partial charge in [-0.05, 0) is 55.1 Å². The van der Waals surface area contributed by atoms with Crippen LogP contribution < -0.4 is 10.1 Å². The maximum Gasteiger partial charge on any atom is 0.262 e. The second-order valence-electron chi connectivity index (χ2n) is 6.43. The highest BCUT2D eigenvalue weighted by atomic mass is 35.5. The van der Waals surface area contributed by atoms with E-state index in [1.165, 1.54) is 5.56 Å². The monoisotopic (exact) mass is 397 g/mol. The normalized spacial score (nSPS) is 11.0. The summed E-state index contributed by atoms with van der Waals surface area (Å²) in [6, 6.07) is 14.9. The molecule has 0 unspecified atom stereocenters. The maximum atomic E-state index is 12.2. The molecule has 0 radical (unpaired) electrons. The van der Waals surface area contributed by atoms with Crippen LogP contribution in [0.25, 0.3) is 10.9 Å². The topological polar surface area (TPSA) is 54.5 Å². The number of fused-ring (bicyclic) bond motifs is 1. The van der Waals surface area contributed by atoms with E-state index in [1.54, 1.807) is 30.5 Å². The number of carbonyl (C=O) groups is 1. The average molecular weight is 398 g/mol. The Balaban J connectivity index is 1.72. The van der Waals surface area contributed by atoms with E-state index in [0.29, 0.717) is 16.5 Å². The molecule has 0 bridgehead atoms. The highest BCUT2D eigenvalue weighted by molar-refractivity contribution is 6.30. The summed E-state index contributed by atoms with van der Waals surface area (Å²) in [6.07, 6.45) is 1.74. The Morgan fingerprint density at radius 1 is 1.11 bits per heavy atom. The average Bonchev–Trinajstić information content (AvgIpc) is 2.72. The summed E-state index contributed by atoms with van der Waals surface area (Å²) >= 11 is 5.86. The molecule has 0 aliphatic rings. The molecule has 5 nitrogen and oxygen atoms in total. The number of hydrogen-bond donors (Lipinski definition) is 1. The van der Waals surface area contributed by atoms with Crippen molar-refractivity contribution in [3.63, 3.8) is 0 Å². The third-order valence-corrected chi connectivity index (χ3v) is 4.85. The van der Waals surface area contributed by atoms with E-state index >= 15 is 0 Å². The number of hydrogen-bond acceptors (Lipinski definition) is 4. The van der Waals surface area contributed by atoms with Crippen LogP contribution in [0.3, 0.4) is 0 Å². The van der Waals surface area contributed by atoms with Gasteiger partial charge in [-0.3, -0.25) is 14.7 Å². The molecule has 3 aromatic rings. The fourth-order valence-corrected chi connectivity index (χ4v) is 3.15. The summed E-state index contributed by atoms with van der Waals surface area (Å²) in [4.78, 5) is 19.0. The van der Waals surface area contributed by atoms with Gasteiger partial charge in [0.25, 0.3) is 5.91 Å². The Morgan fingerprint density at radius 2 is 1.86 bits per heavy atom. The summed E-state index contributed by atoms with van der Waals surface area (Å²) in [5, 5.41) is 4.46. The van der Waals surface area contributed by atoms with Crippen LogP contribution in [0, 0.1) is 0 Å². The molecule has 0 saturated heterocycles. The Labute approximate surface area is 170 Å². The number of benzene rings is 2. The minimum absolute atomic E-state index is 0.0936. The summed E-state index contributed by atoms with van der Waals surface area (Å²) in [5.41, 5.74) is 2.65. The predicted octanol–water partition coefficient (Wildman–Crippen LogP) is 4.75. The van der Waals surface area contributed by atoms with Gasteiger partial charge in [0.1, 0.15) is 11.3 Å². The Hall–Kier alpha value is -2.63. The van der Waals surface area contributed by atoms with E-state index in [1.807, 2.05) is 18.2 Å². The van der Waals surface area contributed by atoms with Crippen molar-refractivity contribution in [3.8, 4) is 5.75 Å². The zero-order valence-electron chi connectivity index (χ0n) is 16.1. The molecular formula is C22H24ClN3O2. The van der Waals surface area contributed by atoms with Gasteiger partial charge in [0, 0.05) is 28.8 Å². The third-order valence-electron chi connectivity index (χ3n) is 4.60. The molecular weight excluding hydrogens is 374 g/mol. The van der Waals surface area contributed by atoms with E-state index < -0.39 is 0 Å². The molecule has 146 valence electrons. The fraction of sp³-hybridized carbons (Fsp3) is 0.273. The standard InChI is InChI=1S/C22H24ClN3O2/c1-3-26(4-2)14-16-7-12-20(22-19(16)6-5-13-24-22)28-15-21(27)25-18-10-8-17(23)9-11-18/h5-13H,3-4,14-15H2,1-2H3,(H,25,27). The van der Waals surface area contributed by atoms with Crippen molar-refractivity contribution in [2.75, 3.05) is 25.0 Å². The van der Waals surface area contributed by atoms with Gasteiger partial charge in [-0.1, -0.05) is 37.6 Å². The molecule has 0 atom stereocenters. The van der Waals surface area contributed by atoms with Crippen LogP contribution >= 0.6 is 11.6 Å². The Bertz CT molecular complexity index is 940. The highest BCUT2D eigenvalue weighted by Crippen LogP contribution is 2.27. The number of nitrogens with one attached hydrogen (secondary N) is 1. The molecule has 0 fully saturated rings. The molecule has 0 spiro atoms. The zero-order chi connectivity index (χ0) is 19.9. The minimum Gasteiger partial charge on any atom is -0.481 e. The van der Waals surface area contributed by atoms with Gasteiger partial charge < -0.3 is 10.1 Å². The van der Waals surface area contributed by atoms with Gasteiger partial charge in [0.15, 0.2) is 6.61 Å². The van der Waals surface area contributed by atoms with E-state index in [2.05, 4.69) is 35.1 Å². The number of aromatic nitrogens is 1. The summed E-state index contributed by atoms with van der Waals surface area (Å²) in [7, 11) is 0. The molecule has 28 heavy (non-hydrogen) atoms. The van der Waals surface area contributed by atoms with Crippen LogP contribution in [0.2, 0.25) is 5.02 Å². The number of anilines is 1. The van der Waals surface area contributed by atoms with Gasteiger partial charge in [-0.15, -0.1) is 0 Å². The van der Waals surface area contributed by atoms with E-state index in [4.69, 9.17) is 16.3 Å². The SMILES string of the molecule is CCN(CC)Cc1ccc(OCC(=O)Nc2ccc(Cl)cc2)c2ncccc12. The first-order chi connectivity index (χ1) is 13.6. The molecule has 0 aliphatic heterocycles. The van der Waals surface area contributed by atoms with Crippen LogP contribution in [0.4, 0.5) is 5.69 Å². The molecule has 2 aromatic carbocycles. The molecule has 1 N–H and O–H groups in total. The molecule has 6 heteroatoms. The number of ether oxygens (including phenoxy) is 1. The summed E-state index contributed by atoms with van der Waals surface area (Å²) in [6.45, 7) is 7.04. The van der Waals surface area contributed by atoms with E-state index in [0.717, 1.165) is 30.5 Å². The van der Waals surface area contributed by atoms with Gasteiger partial charge in [0.2, 0.25) is 0 Å². The molecule has 1 heterocycles. The Morgan fingerprint density at radius 3 is 2.57 bits per heavy atom. The lowest BCUT2D eigenvalue weighted by Crippen LogP contribution is -2.22. The van der Waals surface area contributed by atoms with Crippen LogP contribution in [-0.4, -0.2) is 35.5 Å². The van der Waals surface area contributed by atoms with Gasteiger partial charge in [-0.25, -0.2) is 0 Å². The van der Waals surface area contributed by atoms with Crippen molar-refractivity contribution in [2.45, 2.75) is 20.4 Å². The molecule has 1 amide bonds. The van der Waals surface area contributed by atoms with Crippen LogP contribution in [0.15, 0.2) is 54.7 Å². The first kappa shape index (κ1) is 20.1. The predicted molar refractivity (Wildman–Crippen MR) is 114 cm³/mol. The molecule has 1 aromatic heterocycles. The number of amides is 1. The number of halogens is 1. The van der Waals surface area contributed by atoms with Crippen LogP contribution in [-0.2, 0) is 11.3 Å². The zero-order valence-corrected chi connectivity index (χ0v) is 16.9. The van der Waals surface area contributed by atoms with Crippen molar-refractivity contribution in [2.24, 2.45) is 0 Å². The first-order valence-corrected chi connectivity index (χ1v) is 9.75. The van der Waals surface area contributed by atoms with Gasteiger partial charge in [0.05, 0.1) is 0 Å². The lowest BCUT2D eigenvalue weighted by Gasteiger charge is -2.19. The van der Waals surface area contributed by atoms with Crippen LogP contribution in [0.1, 0.15) is 19.4 Å². The van der Waals surface area contributed by atoms with Crippen molar-refractivity contribution >= 4 is 34.1 Å². The van der Waals surface area contributed by atoms with Gasteiger partial charge in [-0.2, -0.15) is 0 Å². The number of carbonyl (C=O) groups excluding carboxylic acids is 1. The van der Waals surface area contributed by atoms with Crippen molar-refractivity contribution in [3.05, 3.63) is 65.3 Å². The van der Waals surface area contributed by atoms with Crippen molar-refractivity contribution < 1.29 is 9.53 Å². The van der Waals surface area contributed by atoms with Crippen molar-refractivity contribution in [1.29, 1.82) is 0 Å². The largest absolute Gasteiger partial charge is 0.481 e. The van der Waals surface area contributed by atoms with Crippen molar-refractivity contribution in [1.82, 2.24) is 9.88 Å². The smallest absolute Gasteiger partial charge is 0.262 e. The molecule has 3 rings (SSSR count). The lowest BCUT2D eigenvalue weighted by molar-refractivity contribution is -0.118. The number of nitrogens with zero attached hydrogens (tertiary/aromatic N) is 2. The second-order valence-corrected chi connectivity index (χ2v) is 6.86. The first-order valence-electron chi connectivity index (χ1n) is 9.38. The Kier molecular flexibility index (Phi) is 6.85. The van der Waals surface area contributed by atoms with E-state index in [-0.39, 0.29) is 12.5 Å². The molecule has 0 saturated carbocycles. The maximum absolute atomic E-state index is 12.2. The third kappa shape index (κ3) is 5.00. The summed E-state index contributed by atoms with van der Waals surface area (Å²) < 4.78 is 5.78. The quantitative estimate of drug-likeness (QED) is 0.596. The van der Waals surface area contributed by atoms with Gasteiger partial charge >= 0.3 is 0 Å². The fourth-order valence-electron chi connectivity index (χ4n) is 3.02. The van der Waals surface area contributed by atoms with Crippen LogP contribution in [0.5, 0.6) is 5.75 Å². The number of pyridine rings is 1.